The Labute approximate surface area is 277 Å². The molecule has 2 amide bonds. The fourth-order valence-corrected chi connectivity index (χ4v) is 6.11. The second-order valence-electron chi connectivity index (χ2n) is 9.86. The molecule has 45 heavy (non-hydrogen) atoms. The normalized spacial score (nSPS) is 18.4. The van der Waals surface area contributed by atoms with Crippen molar-refractivity contribution in [3.8, 4) is 0 Å². The molecule has 234 valence electrons. The molecule has 10 nitrogen and oxygen atoms in total. The van der Waals surface area contributed by atoms with Crippen LogP contribution < -0.4 is 5.32 Å². The molecular formula is C31H25Cl3N2O8S. The number of hydrogen-bond donors (Lipinski definition) is 2. The van der Waals surface area contributed by atoms with E-state index in [-0.39, 0.29) is 22.8 Å². The average Bonchev–Trinajstić information content (AvgIpc) is 3.04. The molecule has 1 fully saturated rings. The number of nitrogens with zero attached hydrogens (tertiary/aromatic N) is 1. The second kappa shape index (κ2) is 14.0. The van der Waals surface area contributed by atoms with Crippen molar-refractivity contribution in [1.82, 2.24) is 10.2 Å². The third kappa shape index (κ3) is 7.67. The lowest BCUT2D eigenvalue weighted by Gasteiger charge is -2.49. The number of nitrogens with one attached hydrogen (secondary N) is 1. The van der Waals surface area contributed by atoms with E-state index in [0.717, 1.165) is 16.7 Å². The molecule has 0 aliphatic carbocycles. The summed E-state index contributed by atoms with van der Waals surface area (Å²) in [5, 5.41) is 12.6. The molecule has 2 heterocycles. The van der Waals surface area contributed by atoms with Gasteiger partial charge in [-0.15, -0.1) is 11.8 Å². The third-order valence-corrected chi connectivity index (χ3v) is 8.37. The number of β-lactam (4-membered cyclic amide) rings is 1. The van der Waals surface area contributed by atoms with Crippen molar-refractivity contribution in [2.75, 3.05) is 12.4 Å². The fourth-order valence-electron chi connectivity index (χ4n) is 4.74. The molecule has 2 aliphatic rings. The first kappa shape index (κ1) is 32.5. The second-order valence-corrected chi connectivity index (χ2v) is 13.5. The number of rotatable bonds is 9. The number of carbonyl (C=O) groups excluding carboxylic acids is 4. The molecule has 14 heteroatoms. The highest BCUT2D eigenvalue weighted by atomic mass is 35.6. The molecule has 3 aromatic rings. The molecular weight excluding hydrogens is 667 g/mol. The van der Waals surface area contributed by atoms with Gasteiger partial charge in [0, 0.05) is 5.56 Å². The van der Waals surface area contributed by atoms with E-state index in [0.29, 0.717) is 11.1 Å². The number of thioether (sulfide) groups is 1. The van der Waals surface area contributed by atoms with Crippen LogP contribution in [0.1, 0.15) is 28.9 Å². The highest BCUT2D eigenvalue weighted by Gasteiger charge is 2.55. The molecule has 0 aromatic heterocycles. The quantitative estimate of drug-likeness (QED) is 0.164. The molecule has 5 rings (SSSR count). The predicted molar refractivity (Wildman–Crippen MR) is 167 cm³/mol. The third-order valence-electron chi connectivity index (χ3n) is 6.78. The van der Waals surface area contributed by atoms with Crippen molar-refractivity contribution in [2.45, 2.75) is 27.4 Å². The maximum absolute atomic E-state index is 13.5. The van der Waals surface area contributed by atoms with Crippen molar-refractivity contribution < 1.29 is 38.5 Å². The topological polar surface area (TPSA) is 131 Å². The molecule has 0 spiro atoms. The first-order valence-electron chi connectivity index (χ1n) is 13.5. The van der Waals surface area contributed by atoms with Gasteiger partial charge in [-0.25, -0.2) is 9.59 Å². The number of benzene rings is 3. The molecule has 0 radical (unpaired) electrons. The molecule has 0 bridgehead atoms. The zero-order chi connectivity index (χ0) is 32.1. The number of halogens is 3. The fraction of sp³-hybridized carbons (Fsp3) is 0.226. The van der Waals surface area contributed by atoms with E-state index < -0.39 is 58.0 Å². The van der Waals surface area contributed by atoms with Crippen LogP contribution in [0, 0.1) is 0 Å². The van der Waals surface area contributed by atoms with Gasteiger partial charge in [-0.1, -0.05) is 126 Å². The lowest BCUT2D eigenvalue weighted by Crippen LogP contribution is -2.71. The number of aliphatic hydroxyl groups excluding tert-OH is 1. The summed E-state index contributed by atoms with van der Waals surface area (Å²) in [4.78, 5) is 53.7. The number of esters is 1. The Bertz CT molecular complexity index is 1550. The van der Waals surface area contributed by atoms with Gasteiger partial charge < -0.3 is 24.6 Å². The number of aliphatic hydroxyl groups is 1. The van der Waals surface area contributed by atoms with Crippen molar-refractivity contribution in [3.05, 3.63) is 119 Å². The van der Waals surface area contributed by atoms with E-state index in [2.05, 4.69) is 5.32 Å². The number of carbonyl (C=O) groups is 4. The molecule has 3 atom stereocenters. The minimum atomic E-state index is -1.90. The van der Waals surface area contributed by atoms with E-state index >= 15 is 0 Å². The maximum atomic E-state index is 13.5. The van der Waals surface area contributed by atoms with Crippen molar-refractivity contribution in [2.24, 2.45) is 0 Å². The van der Waals surface area contributed by atoms with Gasteiger partial charge in [0.25, 0.3) is 11.8 Å². The summed E-state index contributed by atoms with van der Waals surface area (Å²) in [5.41, 5.74) is 1.37. The maximum Gasteiger partial charge on any atom is 0.509 e. The van der Waals surface area contributed by atoms with Gasteiger partial charge in [-0.2, -0.15) is 0 Å². The van der Waals surface area contributed by atoms with Crippen LogP contribution in [-0.4, -0.2) is 61.5 Å². The van der Waals surface area contributed by atoms with Crippen molar-refractivity contribution in [3.63, 3.8) is 0 Å². The van der Waals surface area contributed by atoms with E-state index in [9.17, 15) is 24.3 Å². The summed E-state index contributed by atoms with van der Waals surface area (Å²) >= 11 is 18.0. The minimum Gasteiger partial charge on any atom is -0.509 e. The standard InChI is InChI=1S/C31H25Cl3N2O8S/c32-31(33,34)17-42-30(41)44-25(20-14-8-3-9-15-20)26(38)35-22-27(39)36-23(21(37)16-45-28(22)36)29(40)43-24(18-10-4-1-5-11-18)19-12-6-2-7-13-19/h1-15,22,24-25,28,37H,16-17H2,(H,35,38)/t22-,25?,28+/m1/s1. The zero-order valence-electron chi connectivity index (χ0n) is 23.2. The Morgan fingerprint density at radius 2 is 1.42 bits per heavy atom. The molecule has 3 aromatic carbocycles. The highest BCUT2D eigenvalue weighted by molar-refractivity contribution is 8.00. The lowest BCUT2D eigenvalue weighted by molar-refractivity contribution is -0.155. The number of hydrogen-bond acceptors (Lipinski definition) is 9. The Hall–Kier alpha value is -3.90. The highest BCUT2D eigenvalue weighted by Crippen LogP contribution is 2.41. The summed E-state index contributed by atoms with van der Waals surface area (Å²) in [6.07, 6.45) is -3.61. The van der Waals surface area contributed by atoms with E-state index in [4.69, 9.17) is 49.0 Å². The first-order valence-corrected chi connectivity index (χ1v) is 15.6. The summed E-state index contributed by atoms with van der Waals surface area (Å²) in [6, 6.07) is 25.0. The lowest BCUT2D eigenvalue weighted by atomic mass is 10.0. The summed E-state index contributed by atoms with van der Waals surface area (Å²) < 4.78 is 14.0. The largest absolute Gasteiger partial charge is 0.509 e. The van der Waals surface area contributed by atoms with Crippen molar-refractivity contribution in [1.29, 1.82) is 0 Å². The van der Waals surface area contributed by atoms with Crippen LogP contribution in [0.2, 0.25) is 0 Å². The Kier molecular flexibility index (Phi) is 10.1. The number of ether oxygens (including phenoxy) is 3. The van der Waals surface area contributed by atoms with E-state index in [1.54, 1.807) is 54.6 Å². The number of amides is 2. The van der Waals surface area contributed by atoms with Crippen LogP contribution >= 0.6 is 46.6 Å². The van der Waals surface area contributed by atoms with Gasteiger partial charge in [0.1, 0.15) is 23.8 Å². The molecule has 1 saturated heterocycles. The predicted octanol–water partition coefficient (Wildman–Crippen LogP) is 5.75. The van der Waals surface area contributed by atoms with Crippen LogP contribution in [0.15, 0.2) is 102 Å². The molecule has 0 saturated carbocycles. The van der Waals surface area contributed by atoms with Gasteiger partial charge >= 0.3 is 12.1 Å². The minimum absolute atomic E-state index is 0.0193. The average molecular weight is 692 g/mol. The Balaban J connectivity index is 1.31. The first-order chi connectivity index (χ1) is 21.5. The van der Waals surface area contributed by atoms with Gasteiger partial charge in [-0.05, 0) is 11.1 Å². The monoisotopic (exact) mass is 690 g/mol. The zero-order valence-corrected chi connectivity index (χ0v) is 26.3. The Morgan fingerprint density at radius 1 is 0.889 bits per heavy atom. The summed E-state index contributed by atoms with van der Waals surface area (Å²) in [7, 11) is 0. The van der Waals surface area contributed by atoms with Gasteiger partial charge in [0.15, 0.2) is 11.8 Å². The van der Waals surface area contributed by atoms with Crippen LogP contribution in [-0.2, 0) is 28.6 Å². The van der Waals surface area contributed by atoms with Crippen molar-refractivity contribution >= 4 is 70.5 Å². The molecule has 2 aliphatic heterocycles. The smallest absolute Gasteiger partial charge is 0.509 e. The van der Waals surface area contributed by atoms with Crippen LogP contribution in [0.5, 0.6) is 0 Å². The SMILES string of the molecule is O=C(OCC(Cl)(Cl)Cl)OC(C(=O)N[C@@H]1C(=O)N2C(C(=O)OC(c3ccccc3)c3ccccc3)=C(O)CS[C@@H]12)c1ccccc1. The number of fused-ring (bicyclic) bond motifs is 1. The van der Waals surface area contributed by atoms with Gasteiger partial charge in [0.2, 0.25) is 9.90 Å². The van der Waals surface area contributed by atoms with Crippen LogP contribution in [0.3, 0.4) is 0 Å². The van der Waals surface area contributed by atoms with Gasteiger partial charge in [-0.3, -0.25) is 14.5 Å². The van der Waals surface area contributed by atoms with E-state index in [1.807, 2.05) is 36.4 Å². The van der Waals surface area contributed by atoms with Crippen LogP contribution in [0.25, 0.3) is 0 Å². The molecule has 2 N–H and O–H groups in total. The molecule has 1 unspecified atom stereocenters. The summed E-state index contributed by atoms with van der Waals surface area (Å²) in [5.74, 6) is -2.76. The Morgan fingerprint density at radius 3 is 1.96 bits per heavy atom. The summed E-state index contributed by atoms with van der Waals surface area (Å²) in [6.45, 7) is -0.626. The van der Waals surface area contributed by atoms with Gasteiger partial charge in [0.05, 0.1) is 5.75 Å². The van der Waals surface area contributed by atoms with Crippen LogP contribution in [0.4, 0.5) is 4.79 Å². The number of alkyl halides is 3. The van der Waals surface area contributed by atoms with E-state index in [1.165, 1.54) is 0 Å².